The Balaban J connectivity index is 1.51. The zero-order valence-corrected chi connectivity index (χ0v) is 20.8. The number of aromatic nitrogens is 4. The second-order valence-electron chi connectivity index (χ2n) is 8.38. The van der Waals surface area contributed by atoms with Crippen LogP contribution in [-0.4, -0.2) is 50.4 Å². The molecule has 2 unspecified atom stereocenters. The number of hydrogen-bond donors (Lipinski definition) is 3. The fourth-order valence-corrected chi connectivity index (χ4v) is 4.41. The van der Waals surface area contributed by atoms with Gasteiger partial charge < -0.3 is 16.0 Å². The van der Waals surface area contributed by atoms with Crippen LogP contribution in [-0.2, 0) is 0 Å². The summed E-state index contributed by atoms with van der Waals surface area (Å²) in [6.45, 7) is 4.27. The van der Waals surface area contributed by atoms with E-state index < -0.39 is 6.17 Å². The van der Waals surface area contributed by atoms with Gasteiger partial charge in [0.1, 0.15) is 12.5 Å². The Bertz CT molecular complexity index is 1500. The van der Waals surface area contributed by atoms with Gasteiger partial charge in [-0.25, -0.2) is 24.3 Å². The van der Waals surface area contributed by atoms with Crippen molar-refractivity contribution in [2.75, 3.05) is 22.1 Å². The van der Waals surface area contributed by atoms with Crippen molar-refractivity contribution in [1.82, 2.24) is 24.9 Å². The number of carbonyl (C=O) groups is 2. The van der Waals surface area contributed by atoms with E-state index in [2.05, 4.69) is 36.0 Å². The molecule has 3 amide bonds. The first-order chi connectivity index (χ1) is 18.0. The van der Waals surface area contributed by atoms with Crippen LogP contribution in [0, 0.1) is 5.92 Å². The number of nitrogens with zero attached hydrogens (tertiary/aromatic N) is 6. The summed E-state index contributed by atoms with van der Waals surface area (Å²) in [4.78, 5) is 40.6. The lowest BCUT2D eigenvalue weighted by Crippen LogP contribution is -2.53. The number of amides is 3. The number of hydrogen-bond acceptors (Lipinski definition) is 7. The van der Waals surface area contributed by atoms with Gasteiger partial charge in [0.2, 0.25) is 0 Å². The third-order valence-electron chi connectivity index (χ3n) is 5.86. The molecule has 4 aromatic rings. The largest absolute Gasteiger partial charge is 0.364 e. The molecule has 3 heterocycles. The molecular weight excluding hydrogens is 494 g/mol. The monoisotopic (exact) mass is 517 g/mol. The predicted octanol–water partition coefficient (Wildman–Crippen LogP) is 4.36. The fourth-order valence-electron chi connectivity index (χ4n) is 4.15. The number of aliphatic imine (C=N–C) groups is 1. The summed E-state index contributed by atoms with van der Waals surface area (Å²) in [5.74, 6) is -0.129. The topological polar surface area (TPSA) is 129 Å². The molecule has 0 aliphatic carbocycles. The minimum Gasteiger partial charge on any atom is -0.364 e. The standard InChI is InChI=1S/C25H24ClN9O2/c1-3-27-25(37)32-16-6-4-7-17(12-16)35-22(33-19-9-5-8-18(26)20(19)24(35)36)15(2)13-29-21-23-28-10-11-34(23)31-14-30-21/h4-15,22,33H,3H2,1-2H3,(H2,27,32,37)/b29-13+. The zero-order valence-electron chi connectivity index (χ0n) is 20.1. The number of halogens is 1. The highest BCUT2D eigenvalue weighted by Crippen LogP contribution is 2.36. The average molecular weight is 518 g/mol. The van der Waals surface area contributed by atoms with Gasteiger partial charge in [-0.2, -0.15) is 5.10 Å². The summed E-state index contributed by atoms with van der Waals surface area (Å²) >= 11 is 6.44. The number of rotatable bonds is 6. The van der Waals surface area contributed by atoms with Gasteiger partial charge in [-0.05, 0) is 37.3 Å². The quantitative estimate of drug-likeness (QED) is 0.326. The van der Waals surface area contributed by atoms with Crippen LogP contribution in [0.15, 0.2) is 66.2 Å². The molecule has 3 N–H and O–H groups in total. The van der Waals surface area contributed by atoms with E-state index in [9.17, 15) is 9.59 Å². The maximum atomic E-state index is 13.8. The molecule has 0 fully saturated rings. The smallest absolute Gasteiger partial charge is 0.319 e. The van der Waals surface area contributed by atoms with E-state index in [0.717, 1.165) is 0 Å². The number of fused-ring (bicyclic) bond motifs is 2. The summed E-state index contributed by atoms with van der Waals surface area (Å²) in [5.41, 5.74) is 2.66. The molecule has 37 heavy (non-hydrogen) atoms. The van der Waals surface area contributed by atoms with Crippen LogP contribution in [0.5, 0.6) is 0 Å². The van der Waals surface area contributed by atoms with Gasteiger partial charge in [-0.15, -0.1) is 0 Å². The van der Waals surface area contributed by atoms with E-state index in [1.54, 1.807) is 64.4 Å². The molecule has 12 heteroatoms. The highest BCUT2D eigenvalue weighted by molar-refractivity contribution is 6.35. The van der Waals surface area contributed by atoms with Gasteiger partial charge in [0.05, 0.1) is 16.3 Å². The van der Waals surface area contributed by atoms with Crippen LogP contribution in [0.1, 0.15) is 24.2 Å². The van der Waals surface area contributed by atoms with Crippen LogP contribution in [0.3, 0.4) is 0 Å². The highest BCUT2D eigenvalue weighted by atomic mass is 35.5. The molecule has 2 atom stereocenters. The number of benzene rings is 2. The number of imidazole rings is 1. The van der Waals surface area contributed by atoms with Crippen molar-refractivity contribution in [3.63, 3.8) is 0 Å². The van der Waals surface area contributed by atoms with E-state index in [1.807, 2.05) is 19.9 Å². The van der Waals surface area contributed by atoms with Crippen molar-refractivity contribution in [3.8, 4) is 0 Å². The van der Waals surface area contributed by atoms with Crippen molar-refractivity contribution >= 4 is 58.3 Å². The summed E-state index contributed by atoms with van der Waals surface area (Å²) in [6, 6.07) is 12.0. The third-order valence-corrected chi connectivity index (χ3v) is 6.17. The molecule has 0 radical (unpaired) electrons. The minimum absolute atomic E-state index is 0.266. The Morgan fingerprint density at radius 2 is 2.11 bits per heavy atom. The molecule has 0 bridgehead atoms. The van der Waals surface area contributed by atoms with Crippen molar-refractivity contribution in [1.29, 1.82) is 0 Å². The van der Waals surface area contributed by atoms with Crippen LogP contribution in [0.2, 0.25) is 5.02 Å². The summed E-state index contributed by atoms with van der Waals surface area (Å²) in [6.07, 6.45) is 5.95. The lowest BCUT2D eigenvalue weighted by Gasteiger charge is -2.40. The van der Waals surface area contributed by atoms with E-state index in [4.69, 9.17) is 11.6 Å². The minimum atomic E-state index is -0.514. The molecular formula is C25H24ClN9O2. The first-order valence-corrected chi connectivity index (χ1v) is 12.1. The number of nitrogens with one attached hydrogen (secondary N) is 3. The van der Waals surface area contributed by atoms with E-state index in [0.29, 0.717) is 45.7 Å². The Kier molecular flexibility index (Phi) is 6.69. The summed E-state index contributed by atoms with van der Waals surface area (Å²) in [7, 11) is 0. The van der Waals surface area contributed by atoms with Crippen LogP contribution < -0.4 is 20.9 Å². The first kappa shape index (κ1) is 24.2. The molecule has 1 aliphatic rings. The summed E-state index contributed by atoms with van der Waals surface area (Å²) < 4.78 is 1.59. The second kappa shape index (κ2) is 10.2. The number of urea groups is 1. The SMILES string of the molecule is CCNC(=O)Nc1cccc(N2C(=O)c3c(Cl)cccc3NC2C(C)/C=N/c2ncnn3ccnc23)c1. The van der Waals surface area contributed by atoms with E-state index in [1.165, 1.54) is 6.33 Å². The molecule has 0 spiro atoms. The van der Waals surface area contributed by atoms with Crippen molar-refractivity contribution < 1.29 is 9.59 Å². The Morgan fingerprint density at radius 3 is 2.95 bits per heavy atom. The Hall–Kier alpha value is -4.51. The molecule has 11 nitrogen and oxygen atoms in total. The molecule has 2 aromatic carbocycles. The molecule has 2 aromatic heterocycles. The van der Waals surface area contributed by atoms with Crippen LogP contribution >= 0.6 is 11.6 Å². The van der Waals surface area contributed by atoms with Gasteiger partial charge in [0.15, 0.2) is 11.5 Å². The molecule has 188 valence electrons. The maximum absolute atomic E-state index is 13.8. The lowest BCUT2D eigenvalue weighted by molar-refractivity contribution is 0.0972. The van der Waals surface area contributed by atoms with Crippen molar-refractivity contribution in [3.05, 3.63) is 71.8 Å². The van der Waals surface area contributed by atoms with Gasteiger partial charge in [0, 0.05) is 42.4 Å². The molecule has 0 saturated carbocycles. The lowest BCUT2D eigenvalue weighted by atomic mass is 10.00. The average Bonchev–Trinajstić information content (AvgIpc) is 3.37. The van der Waals surface area contributed by atoms with Crippen molar-refractivity contribution in [2.24, 2.45) is 10.9 Å². The van der Waals surface area contributed by atoms with Crippen LogP contribution in [0.4, 0.5) is 27.7 Å². The Morgan fingerprint density at radius 1 is 1.27 bits per heavy atom. The fraction of sp³-hybridized carbons (Fsp3) is 0.200. The first-order valence-electron chi connectivity index (χ1n) is 11.7. The molecule has 1 aliphatic heterocycles. The van der Waals surface area contributed by atoms with Crippen LogP contribution in [0.25, 0.3) is 5.65 Å². The predicted molar refractivity (Wildman–Crippen MR) is 143 cm³/mol. The zero-order chi connectivity index (χ0) is 25.9. The van der Waals surface area contributed by atoms with Gasteiger partial charge in [0.25, 0.3) is 5.91 Å². The van der Waals surface area contributed by atoms with Gasteiger partial charge in [-0.1, -0.05) is 30.7 Å². The van der Waals surface area contributed by atoms with E-state index >= 15 is 0 Å². The van der Waals surface area contributed by atoms with Crippen molar-refractivity contribution in [2.45, 2.75) is 20.0 Å². The third kappa shape index (κ3) is 4.81. The van der Waals surface area contributed by atoms with E-state index in [-0.39, 0.29) is 17.9 Å². The normalized spacial score (nSPS) is 15.9. The highest BCUT2D eigenvalue weighted by Gasteiger charge is 2.37. The summed E-state index contributed by atoms with van der Waals surface area (Å²) in [5, 5.41) is 13.4. The number of anilines is 3. The molecule has 0 saturated heterocycles. The second-order valence-corrected chi connectivity index (χ2v) is 8.79. The maximum Gasteiger partial charge on any atom is 0.319 e. The molecule has 5 rings (SSSR count). The Labute approximate surface area is 217 Å². The number of carbonyl (C=O) groups excluding carboxylic acids is 2. The van der Waals surface area contributed by atoms with Gasteiger partial charge in [-0.3, -0.25) is 9.69 Å². The van der Waals surface area contributed by atoms with Gasteiger partial charge >= 0.3 is 6.03 Å².